The topological polar surface area (TPSA) is 51.0 Å². The number of likely N-dealkylation sites (tertiary alicyclic amines) is 1. The molecule has 0 spiro atoms. The highest BCUT2D eigenvalue weighted by atomic mass is 19.1. The van der Waals surface area contributed by atoms with Gasteiger partial charge in [0.1, 0.15) is 18.5 Å². The number of halogens is 1. The lowest BCUT2D eigenvalue weighted by Gasteiger charge is -2.33. The summed E-state index contributed by atoms with van der Waals surface area (Å²) in [6, 6.07) is 6.79. The van der Waals surface area contributed by atoms with Gasteiger partial charge in [0.05, 0.1) is 6.54 Å². The van der Waals surface area contributed by atoms with Crippen molar-refractivity contribution < 1.29 is 9.18 Å². The minimum atomic E-state index is -0.180. The lowest BCUT2D eigenvalue weighted by Crippen LogP contribution is -2.40. The molecule has 1 aromatic heterocycles. The van der Waals surface area contributed by atoms with Crippen molar-refractivity contribution in [2.24, 2.45) is 5.92 Å². The van der Waals surface area contributed by atoms with Crippen molar-refractivity contribution in [3.63, 3.8) is 0 Å². The Hall–Kier alpha value is -2.24. The van der Waals surface area contributed by atoms with E-state index in [1.54, 1.807) is 23.1 Å². The molecule has 1 aliphatic heterocycles. The number of piperidine rings is 1. The van der Waals surface area contributed by atoms with Crippen molar-refractivity contribution in [3.05, 3.63) is 48.3 Å². The second-order valence-electron chi connectivity index (χ2n) is 6.43. The number of aryl methyl sites for hydroxylation is 2. The summed E-state index contributed by atoms with van der Waals surface area (Å²) < 4.78 is 14.9. The molecule has 0 bridgehead atoms. The smallest absolute Gasteiger partial charge is 0.224 e. The first-order valence-corrected chi connectivity index (χ1v) is 8.55. The summed E-state index contributed by atoms with van der Waals surface area (Å²) >= 11 is 0. The number of rotatable bonds is 6. The van der Waals surface area contributed by atoms with E-state index in [0.717, 1.165) is 44.3 Å². The van der Waals surface area contributed by atoms with Gasteiger partial charge in [-0.1, -0.05) is 12.1 Å². The van der Waals surface area contributed by atoms with Crippen LogP contribution in [0.2, 0.25) is 0 Å². The molecular formula is C18H23FN4O. The van der Waals surface area contributed by atoms with Gasteiger partial charge in [-0.25, -0.2) is 9.37 Å². The SMILES string of the molecule is O=C(CCn1cncn1)N1CCC[C@@H](CCc2cccc(F)c2)C1. The highest BCUT2D eigenvalue weighted by Gasteiger charge is 2.23. The van der Waals surface area contributed by atoms with Gasteiger partial charge in [-0.2, -0.15) is 5.10 Å². The molecule has 0 N–H and O–H groups in total. The van der Waals surface area contributed by atoms with E-state index in [2.05, 4.69) is 10.1 Å². The summed E-state index contributed by atoms with van der Waals surface area (Å²) in [6.45, 7) is 2.22. The molecule has 0 unspecified atom stereocenters. The zero-order valence-corrected chi connectivity index (χ0v) is 13.8. The zero-order valence-electron chi connectivity index (χ0n) is 13.8. The molecule has 2 aromatic rings. The van der Waals surface area contributed by atoms with Gasteiger partial charge in [0, 0.05) is 19.5 Å². The van der Waals surface area contributed by atoms with Gasteiger partial charge in [-0.05, 0) is 49.3 Å². The maximum absolute atomic E-state index is 13.2. The van der Waals surface area contributed by atoms with Crippen LogP contribution in [0.3, 0.4) is 0 Å². The summed E-state index contributed by atoms with van der Waals surface area (Å²) in [7, 11) is 0. The Morgan fingerprint density at radius 2 is 2.29 bits per heavy atom. The van der Waals surface area contributed by atoms with Crippen molar-refractivity contribution in [1.29, 1.82) is 0 Å². The van der Waals surface area contributed by atoms with Gasteiger partial charge in [-0.3, -0.25) is 9.48 Å². The molecule has 1 aliphatic rings. The predicted octanol–water partition coefficient (Wildman–Crippen LogP) is 2.68. The van der Waals surface area contributed by atoms with Crippen molar-refractivity contribution >= 4 is 5.91 Å². The Labute approximate surface area is 141 Å². The van der Waals surface area contributed by atoms with Crippen LogP contribution in [0.1, 0.15) is 31.2 Å². The summed E-state index contributed by atoms with van der Waals surface area (Å²) in [5, 5.41) is 4.02. The Morgan fingerprint density at radius 3 is 3.08 bits per heavy atom. The molecule has 3 rings (SSSR count). The molecule has 1 fully saturated rings. The van der Waals surface area contributed by atoms with Gasteiger partial charge < -0.3 is 4.90 Å². The van der Waals surface area contributed by atoms with E-state index in [1.165, 1.54) is 12.4 Å². The normalized spacial score (nSPS) is 17.9. The Bertz CT molecular complexity index is 659. The number of benzene rings is 1. The standard InChI is InChI=1S/C18H23FN4O/c19-17-5-1-3-15(11-17)6-7-16-4-2-9-22(12-16)18(24)8-10-23-14-20-13-21-23/h1,3,5,11,13-14,16H,2,4,6-10,12H2/t16-/m0/s1. The van der Waals surface area contributed by atoms with E-state index in [-0.39, 0.29) is 11.7 Å². The molecule has 24 heavy (non-hydrogen) atoms. The molecule has 0 aliphatic carbocycles. The molecule has 2 heterocycles. The third-order valence-electron chi connectivity index (χ3n) is 4.62. The summed E-state index contributed by atoms with van der Waals surface area (Å²) in [6.07, 6.45) is 7.61. The molecule has 1 aromatic carbocycles. The molecule has 1 amide bonds. The highest BCUT2D eigenvalue weighted by molar-refractivity contribution is 5.76. The van der Waals surface area contributed by atoms with Crippen molar-refractivity contribution in [3.8, 4) is 0 Å². The predicted molar refractivity (Wildman–Crippen MR) is 88.7 cm³/mol. The minimum Gasteiger partial charge on any atom is -0.342 e. The average Bonchev–Trinajstić information content (AvgIpc) is 3.12. The van der Waals surface area contributed by atoms with Gasteiger partial charge in [-0.15, -0.1) is 0 Å². The van der Waals surface area contributed by atoms with Crippen LogP contribution in [0, 0.1) is 11.7 Å². The van der Waals surface area contributed by atoms with Crippen LogP contribution in [0.4, 0.5) is 4.39 Å². The Kier molecular flexibility index (Phi) is 5.56. The first-order chi connectivity index (χ1) is 11.7. The van der Waals surface area contributed by atoms with E-state index >= 15 is 0 Å². The molecule has 1 saturated heterocycles. The number of hydrogen-bond acceptors (Lipinski definition) is 3. The van der Waals surface area contributed by atoms with Gasteiger partial charge >= 0.3 is 0 Å². The quantitative estimate of drug-likeness (QED) is 0.818. The first kappa shape index (κ1) is 16.6. The van der Waals surface area contributed by atoms with E-state index in [4.69, 9.17) is 0 Å². The van der Waals surface area contributed by atoms with Gasteiger partial charge in [0.2, 0.25) is 5.91 Å². The van der Waals surface area contributed by atoms with E-state index in [1.807, 2.05) is 11.0 Å². The second kappa shape index (κ2) is 8.04. The Balaban J connectivity index is 1.46. The number of carbonyl (C=O) groups excluding carboxylic acids is 1. The fourth-order valence-electron chi connectivity index (χ4n) is 3.31. The minimum absolute atomic E-state index is 0.180. The van der Waals surface area contributed by atoms with Gasteiger partial charge in [0.15, 0.2) is 0 Å². The highest BCUT2D eigenvalue weighted by Crippen LogP contribution is 2.22. The lowest BCUT2D eigenvalue weighted by atomic mass is 9.91. The van der Waals surface area contributed by atoms with Crippen LogP contribution in [0.15, 0.2) is 36.9 Å². The van der Waals surface area contributed by atoms with Crippen LogP contribution in [0.25, 0.3) is 0 Å². The number of aromatic nitrogens is 3. The number of hydrogen-bond donors (Lipinski definition) is 0. The maximum Gasteiger partial charge on any atom is 0.224 e. The monoisotopic (exact) mass is 330 g/mol. The van der Waals surface area contributed by atoms with Crippen LogP contribution < -0.4 is 0 Å². The third-order valence-corrected chi connectivity index (χ3v) is 4.62. The zero-order chi connectivity index (χ0) is 16.8. The summed E-state index contributed by atoms with van der Waals surface area (Å²) in [5.74, 6) is 0.499. The van der Waals surface area contributed by atoms with Gasteiger partial charge in [0.25, 0.3) is 0 Å². The number of carbonyl (C=O) groups is 1. The van der Waals surface area contributed by atoms with Crippen LogP contribution in [-0.2, 0) is 17.8 Å². The summed E-state index contributed by atoms with van der Waals surface area (Å²) in [5.41, 5.74) is 1.03. The van der Waals surface area contributed by atoms with Crippen molar-refractivity contribution in [1.82, 2.24) is 19.7 Å². The fraction of sp³-hybridized carbons (Fsp3) is 0.500. The van der Waals surface area contributed by atoms with E-state index < -0.39 is 0 Å². The van der Waals surface area contributed by atoms with E-state index in [0.29, 0.717) is 18.9 Å². The largest absolute Gasteiger partial charge is 0.342 e. The third kappa shape index (κ3) is 4.63. The van der Waals surface area contributed by atoms with E-state index in [9.17, 15) is 9.18 Å². The lowest BCUT2D eigenvalue weighted by molar-refractivity contribution is -0.133. The fourth-order valence-corrected chi connectivity index (χ4v) is 3.31. The molecule has 1 atom stereocenters. The molecule has 0 radical (unpaired) electrons. The summed E-state index contributed by atoms with van der Waals surface area (Å²) in [4.78, 5) is 18.2. The van der Waals surface area contributed by atoms with Crippen LogP contribution in [-0.4, -0.2) is 38.7 Å². The number of nitrogens with zero attached hydrogens (tertiary/aromatic N) is 4. The molecule has 5 nitrogen and oxygen atoms in total. The number of amides is 1. The first-order valence-electron chi connectivity index (χ1n) is 8.55. The van der Waals surface area contributed by atoms with Crippen LogP contribution in [0.5, 0.6) is 0 Å². The second-order valence-corrected chi connectivity index (χ2v) is 6.43. The average molecular weight is 330 g/mol. The maximum atomic E-state index is 13.2. The molecule has 128 valence electrons. The Morgan fingerprint density at radius 1 is 1.38 bits per heavy atom. The molecular weight excluding hydrogens is 307 g/mol. The van der Waals surface area contributed by atoms with Crippen molar-refractivity contribution in [2.75, 3.05) is 13.1 Å². The molecule has 6 heteroatoms. The van der Waals surface area contributed by atoms with Crippen molar-refractivity contribution in [2.45, 2.75) is 38.6 Å². The van der Waals surface area contributed by atoms with Crippen LogP contribution >= 0.6 is 0 Å². The molecule has 0 saturated carbocycles.